The van der Waals surface area contributed by atoms with Crippen molar-refractivity contribution in [2.45, 2.75) is 0 Å². The summed E-state index contributed by atoms with van der Waals surface area (Å²) in [7, 11) is -21.7. The summed E-state index contributed by atoms with van der Waals surface area (Å²) in [5, 5.41) is 0. The van der Waals surface area contributed by atoms with E-state index in [2.05, 4.69) is 0 Å². The zero-order chi connectivity index (χ0) is 21.5. The summed E-state index contributed by atoms with van der Waals surface area (Å²) in [5.74, 6) is 0. The van der Waals surface area contributed by atoms with Crippen molar-refractivity contribution in [2.75, 3.05) is 0 Å². The fourth-order valence-corrected chi connectivity index (χ4v) is 0. The third-order valence-electron chi connectivity index (χ3n) is 0. The molecule has 0 N–H and O–H groups in total. The van der Waals surface area contributed by atoms with Crippen LogP contribution < -0.4 is 338 Å². The first-order chi connectivity index (χ1) is 10.4. The molecule has 0 radical (unpaired) electrons. The SMILES string of the molecule is O=[P+]([O-])F.O=[P+]([O-])F.O=[P+]([O-])F.O=[P+]([O-])F.O=[P+]([O-])F.O=[P+]([O-])F.[K+].[K+].[K+].[K+].[K+].[K+]. The Morgan fingerprint density at radius 2 is 0.300 bits per heavy atom. The maximum Gasteiger partial charge on any atom is 1.00 e. The molecular formula is F6K6O12P6+6. The van der Waals surface area contributed by atoms with Crippen molar-refractivity contribution in [3.8, 4) is 0 Å². The van der Waals surface area contributed by atoms with Crippen LogP contribution >= 0.6 is 50.0 Å². The standard InChI is InChI=1S/6FO2P.6K/c6*1-4(2)3;;;;;;/q;;;;;;6*+1. The van der Waals surface area contributed by atoms with E-state index in [1.54, 1.807) is 0 Å². The van der Waals surface area contributed by atoms with Crippen molar-refractivity contribution < 1.29 is 390 Å². The second-order valence-corrected chi connectivity index (χ2v) is 3.83. The smallest absolute Gasteiger partial charge is 0.562 e. The minimum Gasteiger partial charge on any atom is -0.562 e. The summed E-state index contributed by atoms with van der Waals surface area (Å²) < 4.78 is 110. The topological polar surface area (TPSA) is 241 Å². The Bertz CT molecular complexity index is 289. The van der Waals surface area contributed by atoms with E-state index in [0.717, 1.165) is 0 Å². The van der Waals surface area contributed by atoms with Gasteiger partial charge in [0.05, 0.1) is 25.2 Å². The van der Waals surface area contributed by atoms with Gasteiger partial charge in [0.2, 0.25) is 0 Å². The molecule has 6 atom stereocenters. The summed E-state index contributed by atoms with van der Waals surface area (Å²) >= 11 is 0. The van der Waals surface area contributed by atoms with Crippen molar-refractivity contribution in [1.82, 2.24) is 0 Å². The second-order valence-electron chi connectivity index (χ2n) is 1.28. The first kappa shape index (κ1) is 77.5. The van der Waals surface area contributed by atoms with Gasteiger partial charge in [0.15, 0.2) is 0 Å². The van der Waals surface area contributed by atoms with E-state index in [1.807, 2.05) is 0 Å². The Balaban J connectivity index is -0.0000000125. The van der Waals surface area contributed by atoms with Crippen LogP contribution in [0.2, 0.25) is 0 Å². The van der Waals surface area contributed by atoms with Crippen molar-refractivity contribution in [3.63, 3.8) is 0 Å². The van der Waals surface area contributed by atoms with E-state index in [4.69, 9.17) is 56.8 Å². The third-order valence-corrected chi connectivity index (χ3v) is 0. The van der Waals surface area contributed by atoms with Gasteiger partial charge in [-0.1, -0.05) is 0 Å². The summed E-state index contributed by atoms with van der Waals surface area (Å²) in [4.78, 5) is 50.2. The van der Waals surface area contributed by atoms with Crippen LogP contribution in [0.4, 0.5) is 25.2 Å². The van der Waals surface area contributed by atoms with Crippen molar-refractivity contribution in [1.29, 1.82) is 0 Å². The van der Waals surface area contributed by atoms with Crippen LogP contribution in [-0.4, -0.2) is 0 Å². The molecule has 0 rings (SSSR count). The van der Waals surface area contributed by atoms with Crippen LogP contribution in [0.1, 0.15) is 0 Å². The van der Waals surface area contributed by atoms with Gasteiger partial charge >= 0.3 is 358 Å². The summed E-state index contributed by atoms with van der Waals surface area (Å²) in [6.45, 7) is 0. The number of hydrogen-bond acceptors (Lipinski definition) is 12. The molecule has 0 saturated heterocycles. The van der Waals surface area contributed by atoms with Crippen LogP contribution in [0, 0.1) is 0 Å². The molecule has 0 spiro atoms. The fourth-order valence-electron chi connectivity index (χ4n) is 0. The molecule has 0 aromatic rings. The van der Waals surface area contributed by atoms with Gasteiger partial charge in [-0.15, -0.1) is 0 Å². The molecule has 0 fully saturated rings. The molecular weight excluding hydrogens is 726 g/mol. The van der Waals surface area contributed by atoms with E-state index in [9.17, 15) is 25.2 Å². The van der Waals surface area contributed by atoms with Crippen molar-refractivity contribution in [3.05, 3.63) is 0 Å². The van der Waals surface area contributed by atoms with Gasteiger partial charge in [0.25, 0.3) is 0 Å². The van der Waals surface area contributed by atoms with Gasteiger partial charge in [0, 0.05) is 0 Å². The minimum atomic E-state index is -3.62. The number of hydrogen-bond donors (Lipinski definition) is 0. The summed E-state index contributed by atoms with van der Waals surface area (Å²) in [6.07, 6.45) is 0. The van der Waals surface area contributed by atoms with Crippen LogP contribution in [0.5, 0.6) is 0 Å². The first-order valence-corrected chi connectivity index (χ1v) is 9.62. The normalized spacial score (nSPS) is 8.80. The van der Waals surface area contributed by atoms with E-state index < -0.39 is 50.0 Å². The third kappa shape index (κ3) is 536. The Kier molecular flexibility index (Phi) is 185. The Morgan fingerprint density at radius 1 is 0.300 bits per heavy atom. The average molecular weight is 726 g/mol. The predicted octanol–water partition coefficient (Wildman–Crippen LogP) is -18.1. The van der Waals surface area contributed by atoms with E-state index in [0.29, 0.717) is 0 Å². The van der Waals surface area contributed by atoms with Gasteiger partial charge in [-0.05, 0) is 27.4 Å². The monoisotopic (exact) mass is 726 g/mol. The quantitative estimate of drug-likeness (QED) is 0.128. The Morgan fingerprint density at radius 3 is 0.300 bits per heavy atom. The second kappa shape index (κ2) is 71.7. The molecule has 144 valence electrons. The van der Waals surface area contributed by atoms with Gasteiger partial charge in [-0.2, -0.15) is 0 Å². The molecule has 0 aliphatic heterocycles. The van der Waals surface area contributed by atoms with Crippen LogP contribution in [0.25, 0.3) is 0 Å². The van der Waals surface area contributed by atoms with Gasteiger partial charge in [0.1, 0.15) is 0 Å². The molecule has 0 aliphatic rings. The van der Waals surface area contributed by atoms with Crippen LogP contribution in [0.3, 0.4) is 0 Å². The maximum atomic E-state index is 9.95. The first-order valence-electron chi connectivity index (χ1n) is 3.21. The number of halogens is 6. The molecule has 0 aliphatic carbocycles. The number of rotatable bonds is 0. The summed E-state index contributed by atoms with van der Waals surface area (Å²) in [6, 6.07) is 0. The molecule has 30 heteroatoms. The Labute approximate surface area is 426 Å². The average Bonchev–Trinajstić information content (AvgIpc) is 2.08. The van der Waals surface area contributed by atoms with Gasteiger partial charge in [-0.25, -0.2) is 0 Å². The maximum absolute atomic E-state index is 9.95. The largest absolute Gasteiger partial charge is 1.00 e. The van der Waals surface area contributed by atoms with Crippen LogP contribution in [0.15, 0.2) is 0 Å². The zero-order valence-electron chi connectivity index (χ0n) is 15.9. The fraction of sp³-hybridized carbons (Fsp3) is 0. The van der Waals surface area contributed by atoms with E-state index in [-0.39, 0.29) is 308 Å². The van der Waals surface area contributed by atoms with Gasteiger partial charge < -0.3 is 29.4 Å². The van der Waals surface area contributed by atoms with E-state index in [1.165, 1.54) is 0 Å². The molecule has 12 nitrogen and oxygen atoms in total. The van der Waals surface area contributed by atoms with Crippen molar-refractivity contribution in [2.24, 2.45) is 0 Å². The molecule has 30 heavy (non-hydrogen) atoms. The Hall–Kier alpha value is 9.76. The van der Waals surface area contributed by atoms with E-state index >= 15 is 0 Å². The molecule has 0 amide bonds. The molecule has 0 bridgehead atoms. The predicted molar refractivity (Wildman–Crippen MR) is 52.3 cm³/mol. The minimum absolute atomic E-state index is 0. The molecule has 0 aromatic carbocycles. The molecule has 6 unspecified atom stereocenters. The molecule has 0 heterocycles. The summed E-state index contributed by atoms with van der Waals surface area (Å²) in [5.41, 5.74) is 0. The van der Waals surface area contributed by atoms with Crippen molar-refractivity contribution >= 4 is 50.0 Å². The van der Waals surface area contributed by atoms with Crippen LogP contribution in [-0.2, 0) is 27.4 Å². The molecule has 0 aromatic heterocycles. The van der Waals surface area contributed by atoms with Gasteiger partial charge in [-0.3, -0.25) is 0 Å². The zero-order valence-corrected chi connectivity index (χ0v) is 40.0. The molecule has 0 saturated carbocycles.